The van der Waals surface area contributed by atoms with Gasteiger partial charge in [0.25, 0.3) is 0 Å². The van der Waals surface area contributed by atoms with Crippen molar-refractivity contribution < 1.29 is 19.0 Å². The molecular weight excluding hydrogens is 394 g/mol. The fraction of sp³-hybridized carbons (Fsp3) is 0.375. The zero-order valence-corrected chi connectivity index (χ0v) is 18.9. The zero-order valence-electron chi connectivity index (χ0n) is 18.9. The van der Waals surface area contributed by atoms with E-state index < -0.39 is 17.4 Å². The maximum absolute atomic E-state index is 12.0. The molecule has 31 heavy (non-hydrogen) atoms. The van der Waals surface area contributed by atoms with Crippen LogP contribution in [-0.4, -0.2) is 33.4 Å². The highest BCUT2D eigenvalue weighted by atomic mass is 16.8. The number of ether oxygens (including phenoxy) is 3. The standard InChI is InChI=1S/C24H29N3O4/c1-23(2,3)30-21(29-22(28)31-24(4,5)6)25-15-16-11-13-17(14-12-16)20-26-18-9-7-8-10-19(18)27-20/h7-14H,15H2,1-6H3,(H,26,27)/b25-21-. The summed E-state index contributed by atoms with van der Waals surface area (Å²) in [5.41, 5.74) is 2.58. The average molecular weight is 424 g/mol. The number of rotatable bonds is 3. The SMILES string of the molecule is CC(C)(C)OC(=O)O/C(=N/Cc1ccc(-c2nc3ccccc3[nH]2)cc1)OC(C)(C)C. The second-order valence-corrected chi connectivity index (χ2v) is 9.16. The molecule has 0 aliphatic rings. The van der Waals surface area contributed by atoms with Gasteiger partial charge in [0, 0.05) is 5.56 Å². The van der Waals surface area contributed by atoms with Gasteiger partial charge in [0.1, 0.15) is 17.0 Å². The summed E-state index contributed by atoms with van der Waals surface area (Å²) in [5.74, 6) is 0.807. The quantitative estimate of drug-likeness (QED) is 0.324. The maximum atomic E-state index is 12.0. The van der Waals surface area contributed by atoms with Crippen molar-refractivity contribution in [3.8, 4) is 11.4 Å². The molecule has 0 aliphatic carbocycles. The number of nitrogens with one attached hydrogen (secondary N) is 1. The van der Waals surface area contributed by atoms with Gasteiger partial charge in [0.15, 0.2) is 0 Å². The van der Waals surface area contributed by atoms with Crippen LogP contribution in [0.25, 0.3) is 22.4 Å². The predicted molar refractivity (Wildman–Crippen MR) is 121 cm³/mol. The summed E-state index contributed by atoms with van der Waals surface area (Å²) in [6.45, 7) is 11.1. The van der Waals surface area contributed by atoms with Crippen molar-refractivity contribution in [1.29, 1.82) is 0 Å². The van der Waals surface area contributed by atoms with E-state index in [2.05, 4.69) is 15.0 Å². The molecule has 7 heteroatoms. The van der Waals surface area contributed by atoms with E-state index in [9.17, 15) is 4.79 Å². The van der Waals surface area contributed by atoms with E-state index >= 15 is 0 Å². The van der Waals surface area contributed by atoms with Gasteiger partial charge in [-0.25, -0.2) is 14.8 Å². The summed E-state index contributed by atoms with van der Waals surface area (Å²) in [4.78, 5) is 24.3. The lowest BCUT2D eigenvalue weighted by atomic mass is 10.1. The lowest BCUT2D eigenvalue weighted by molar-refractivity contribution is -0.00129. The number of fused-ring (bicyclic) bond motifs is 1. The van der Waals surface area contributed by atoms with Crippen LogP contribution in [0.5, 0.6) is 0 Å². The average Bonchev–Trinajstić information content (AvgIpc) is 3.08. The largest absolute Gasteiger partial charge is 0.517 e. The monoisotopic (exact) mass is 423 g/mol. The van der Waals surface area contributed by atoms with Gasteiger partial charge in [0.2, 0.25) is 0 Å². The van der Waals surface area contributed by atoms with E-state index in [4.69, 9.17) is 14.2 Å². The van der Waals surface area contributed by atoms with Gasteiger partial charge in [-0.1, -0.05) is 36.4 Å². The minimum absolute atomic E-state index is 0.122. The number of aromatic nitrogens is 2. The lowest BCUT2D eigenvalue weighted by Crippen LogP contribution is -2.30. The molecule has 164 valence electrons. The van der Waals surface area contributed by atoms with Crippen LogP contribution in [-0.2, 0) is 20.8 Å². The number of para-hydroxylation sites is 2. The van der Waals surface area contributed by atoms with Crippen molar-refractivity contribution in [2.45, 2.75) is 59.3 Å². The minimum atomic E-state index is -0.851. The first-order chi connectivity index (χ1) is 14.5. The molecule has 0 radical (unpaired) electrons. The molecule has 0 amide bonds. The molecule has 1 aromatic heterocycles. The first-order valence-corrected chi connectivity index (χ1v) is 10.2. The van der Waals surface area contributed by atoms with E-state index in [0.717, 1.165) is 28.0 Å². The molecule has 0 saturated carbocycles. The van der Waals surface area contributed by atoms with Crippen LogP contribution in [0.2, 0.25) is 0 Å². The Kier molecular flexibility index (Phi) is 6.34. The molecule has 2 aromatic carbocycles. The Morgan fingerprint density at radius 3 is 2.19 bits per heavy atom. The van der Waals surface area contributed by atoms with Crippen LogP contribution < -0.4 is 0 Å². The third-order valence-corrected chi connectivity index (χ3v) is 3.96. The summed E-state index contributed by atoms with van der Waals surface area (Å²) in [7, 11) is 0. The molecule has 1 heterocycles. The molecule has 1 N–H and O–H groups in total. The maximum Gasteiger partial charge on any atom is 0.517 e. The number of aliphatic imine (C=N–C) groups is 1. The van der Waals surface area contributed by atoms with E-state index in [-0.39, 0.29) is 12.6 Å². The van der Waals surface area contributed by atoms with E-state index in [0.29, 0.717) is 0 Å². The number of hydrogen-bond donors (Lipinski definition) is 1. The summed E-state index contributed by atoms with van der Waals surface area (Å²) < 4.78 is 16.1. The van der Waals surface area contributed by atoms with Gasteiger partial charge in [0.05, 0.1) is 17.6 Å². The predicted octanol–water partition coefficient (Wildman–Crippen LogP) is 5.85. The summed E-state index contributed by atoms with van der Waals surface area (Å²) >= 11 is 0. The number of nitrogens with zero attached hydrogens (tertiary/aromatic N) is 2. The molecule has 3 rings (SSSR count). The first kappa shape index (κ1) is 22.3. The molecule has 0 atom stereocenters. The first-order valence-electron chi connectivity index (χ1n) is 10.2. The molecule has 0 fully saturated rings. The van der Waals surface area contributed by atoms with Crippen LogP contribution in [0.4, 0.5) is 4.79 Å². The number of benzene rings is 2. The van der Waals surface area contributed by atoms with E-state index in [1.165, 1.54) is 0 Å². The minimum Gasteiger partial charge on any atom is -0.445 e. The molecule has 0 unspecified atom stereocenters. The third kappa shape index (κ3) is 6.84. The Bertz CT molecular complexity index is 1040. The van der Waals surface area contributed by atoms with Gasteiger partial charge >= 0.3 is 12.2 Å². The van der Waals surface area contributed by atoms with Gasteiger partial charge in [-0.2, -0.15) is 0 Å². The lowest BCUT2D eigenvalue weighted by Gasteiger charge is -2.23. The second-order valence-electron chi connectivity index (χ2n) is 9.16. The molecule has 3 aromatic rings. The Morgan fingerprint density at radius 2 is 1.58 bits per heavy atom. The van der Waals surface area contributed by atoms with Crippen molar-refractivity contribution in [2.24, 2.45) is 4.99 Å². The summed E-state index contributed by atoms with van der Waals surface area (Å²) in [6, 6.07) is 15.8. The van der Waals surface area contributed by atoms with E-state index in [1.54, 1.807) is 20.8 Å². The number of imidazole rings is 1. The number of aromatic amines is 1. The van der Waals surface area contributed by atoms with Gasteiger partial charge in [-0.3, -0.25) is 0 Å². The van der Waals surface area contributed by atoms with Crippen LogP contribution in [0.15, 0.2) is 53.5 Å². The zero-order chi connectivity index (χ0) is 22.6. The van der Waals surface area contributed by atoms with Gasteiger partial charge < -0.3 is 19.2 Å². The van der Waals surface area contributed by atoms with Crippen molar-refractivity contribution in [1.82, 2.24) is 9.97 Å². The molecule has 0 saturated heterocycles. The van der Waals surface area contributed by atoms with Crippen molar-refractivity contribution in [2.75, 3.05) is 0 Å². The highest BCUT2D eigenvalue weighted by Gasteiger charge is 2.23. The summed E-state index contributed by atoms with van der Waals surface area (Å²) in [5, 5.41) is 0. The van der Waals surface area contributed by atoms with E-state index in [1.807, 2.05) is 69.3 Å². The smallest absolute Gasteiger partial charge is 0.445 e. The molecule has 7 nitrogen and oxygen atoms in total. The van der Waals surface area contributed by atoms with Crippen molar-refractivity contribution >= 4 is 23.3 Å². The van der Waals surface area contributed by atoms with Crippen LogP contribution in [0, 0.1) is 0 Å². The number of carbonyl (C=O) groups is 1. The molecule has 0 bridgehead atoms. The normalized spacial score (nSPS) is 12.6. The van der Waals surface area contributed by atoms with Gasteiger partial charge in [-0.05, 0) is 59.2 Å². The number of hydrogen-bond acceptors (Lipinski definition) is 6. The fourth-order valence-corrected chi connectivity index (χ4v) is 2.70. The Hall–Kier alpha value is -3.35. The van der Waals surface area contributed by atoms with Crippen LogP contribution >= 0.6 is 0 Å². The fourth-order valence-electron chi connectivity index (χ4n) is 2.70. The molecule has 0 aliphatic heterocycles. The van der Waals surface area contributed by atoms with Crippen molar-refractivity contribution in [3.05, 3.63) is 54.1 Å². The number of H-pyrrole nitrogens is 1. The summed E-state index contributed by atoms with van der Waals surface area (Å²) in [6.07, 6.45) is -0.973. The number of carbonyl (C=O) groups excluding carboxylic acids is 1. The Balaban J connectivity index is 1.72. The Morgan fingerprint density at radius 1 is 0.935 bits per heavy atom. The molecule has 0 spiro atoms. The highest BCUT2D eigenvalue weighted by molar-refractivity contribution is 5.81. The van der Waals surface area contributed by atoms with Crippen LogP contribution in [0.3, 0.4) is 0 Å². The molecular formula is C24H29N3O4. The highest BCUT2D eigenvalue weighted by Crippen LogP contribution is 2.21. The third-order valence-electron chi connectivity index (χ3n) is 3.96. The Labute approximate surface area is 182 Å². The van der Waals surface area contributed by atoms with Crippen LogP contribution in [0.1, 0.15) is 47.1 Å². The topological polar surface area (TPSA) is 85.8 Å². The van der Waals surface area contributed by atoms with Gasteiger partial charge in [-0.15, -0.1) is 0 Å². The second kappa shape index (κ2) is 8.79. The van der Waals surface area contributed by atoms with Crippen molar-refractivity contribution in [3.63, 3.8) is 0 Å².